The van der Waals surface area contributed by atoms with Crippen molar-refractivity contribution in [2.75, 3.05) is 37.6 Å². The van der Waals surface area contributed by atoms with Crippen LogP contribution >= 0.6 is 0 Å². The molecule has 4 rings (SSSR count). The van der Waals surface area contributed by atoms with Gasteiger partial charge in [-0.3, -0.25) is 24.1 Å². The zero-order chi connectivity index (χ0) is 21.3. The van der Waals surface area contributed by atoms with Crippen LogP contribution in [0.3, 0.4) is 0 Å². The fourth-order valence-electron chi connectivity index (χ4n) is 4.58. The molecule has 0 bridgehead atoms. The second-order valence-corrected chi connectivity index (χ2v) is 8.20. The Morgan fingerprint density at radius 3 is 2.00 bits per heavy atom. The molecule has 0 aromatic heterocycles. The number of nitrogens with zero attached hydrogens (tertiary/aromatic N) is 3. The van der Waals surface area contributed by atoms with Gasteiger partial charge < -0.3 is 9.80 Å². The van der Waals surface area contributed by atoms with Gasteiger partial charge in [-0.2, -0.15) is 0 Å². The molecule has 2 saturated heterocycles. The molecule has 1 aromatic rings. The highest BCUT2D eigenvalue weighted by Crippen LogP contribution is 2.35. The van der Waals surface area contributed by atoms with Crippen LogP contribution in [-0.2, 0) is 14.4 Å². The van der Waals surface area contributed by atoms with Crippen LogP contribution in [0.25, 0.3) is 0 Å². The molecule has 0 spiro atoms. The van der Waals surface area contributed by atoms with Gasteiger partial charge in [-0.15, -0.1) is 0 Å². The van der Waals surface area contributed by atoms with E-state index in [1.54, 1.807) is 11.8 Å². The molecule has 30 heavy (non-hydrogen) atoms. The molecule has 2 heterocycles. The summed E-state index contributed by atoms with van der Waals surface area (Å²) in [5, 5.41) is 0. The first kappa shape index (κ1) is 20.3. The maximum Gasteiger partial charge on any atom is 0.233 e. The van der Waals surface area contributed by atoms with Gasteiger partial charge in [0.05, 0.1) is 11.8 Å². The minimum atomic E-state index is -0.240. The van der Waals surface area contributed by atoms with E-state index in [-0.39, 0.29) is 48.3 Å². The number of amides is 3. The molecule has 3 aliphatic rings. The largest absolute Gasteiger partial charge is 0.368 e. The van der Waals surface area contributed by atoms with Gasteiger partial charge in [0, 0.05) is 50.4 Å². The summed E-state index contributed by atoms with van der Waals surface area (Å²) in [6, 6.07) is 7.53. The Morgan fingerprint density at radius 2 is 1.47 bits per heavy atom. The zero-order valence-corrected chi connectivity index (χ0v) is 17.3. The number of anilines is 1. The van der Waals surface area contributed by atoms with Gasteiger partial charge in [0.1, 0.15) is 0 Å². The highest BCUT2D eigenvalue weighted by molar-refractivity contribution is 6.05. The van der Waals surface area contributed by atoms with Crippen LogP contribution in [0.15, 0.2) is 36.4 Å². The van der Waals surface area contributed by atoms with Crippen LogP contribution in [0.1, 0.15) is 36.5 Å². The summed E-state index contributed by atoms with van der Waals surface area (Å²) in [6.07, 6.45) is 5.35. The van der Waals surface area contributed by atoms with E-state index in [1.165, 1.54) is 4.90 Å². The number of allylic oxidation sites excluding steroid dienone is 2. The van der Waals surface area contributed by atoms with E-state index in [9.17, 15) is 19.2 Å². The number of piperazine rings is 1. The molecule has 7 nitrogen and oxygen atoms in total. The van der Waals surface area contributed by atoms with Gasteiger partial charge in [0.25, 0.3) is 0 Å². The lowest BCUT2D eigenvalue weighted by Crippen LogP contribution is -2.49. The van der Waals surface area contributed by atoms with Crippen molar-refractivity contribution in [3.63, 3.8) is 0 Å². The predicted octanol–water partition coefficient (Wildman–Crippen LogP) is 1.88. The van der Waals surface area contributed by atoms with Crippen LogP contribution in [0.4, 0.5) is 5.69 Å². The number of hydrogen-bond acceptors (Lipinski definition) is 5. The highest BCUT2D eigenvalue weighted by Gasteiger charge is 2.47. The fourth-order valence-corrected chi connectivity index (χ4v) is 4.58. The van der Waals surface area contributed by atoms with Crippen molar-refractivity contribution < 1.29 is 19.2 Å². The first-order valence-corrected chi connectivity index (χ1v) is 10.6. The molecule has 2 atom stereocenters. The SMILES string of the molecule is CC(=O)c1ccc(N2CCN(C(=O)CCN3C(=O)[C@H]4CC=CC[C@H]4C3=O)CC2)cc1. The molecule has 2 fully saturated rings. The van der Waals surface area contributed by atoms with Crippen molar-refractivity contribution in [3.8, 4) is 0 Å². The van der Waals surface area contributed by atoms with E-state index in [2.05, 4.69) is 4.90 Å². The molecule has 0 unspecified atom stereocenters. The number of hydrogen-bond donors (Lipinski definition) is 0. The zero-order valence-electron chi connectivity index (χ0n) is 17.3. The molecule has 2 aliphatic heterocycles. The lowest BCUT2D eigenvalue weighted by molar-refractivity contribution is -0.140. The van der Waals surface area contributed by atoms with Gasteiger partial charge in [0.15, 0.2) is 5.78 Å². The fraction of sp³-hybridized carbons (Fsp3) is 0.478. The third kappa shape index (κ3) is 3.88. The van der Waals surface area contributed by atoms with Crippen LogP contribution in [0, 0.1) is 11.8 Å². The van der Waals surface area contributed by atoms with E-state index >= 15 is 0 Å². The molecular formula is C23H27N3O4. The summed E-state index contributed by atoms with van der Waals surface area (Å²) >= 11 is 0. The quantitative estimate of drug-likeness (QED) is 0.422. The number of ketones is 1. The number of likely N-dealkylation sites (tertiary alicyclic amines) is 1. The Labute approximate surface area is 176 Å². The number of carbonyl (C=O) groups is 4. The van der Waals surface area contributed by atoms with E-state index in [1.807, 2.05) is 36.4 Å². The van der Waals surface area contributed by atoms with Crippen molar-refractivity contribution in [1.29, 1.82) is 0 Å². The number of carbonyl (C=O) groups excluding carboxylic acids is 4. The van der Waals surface area contributed by atoms with Crippen LogP contribution in [0.2, 0.25) is 0 Å². The molecule has 0 saturated carbocycles. The van der Waals surface area contributed by atoms with E-state index in [0.717, 1.165) is 5.69 Å². The number of imide groups is 1. The molecule has 0 N–H and O–H groups in total. The first-order chi connectivity index (χ1) is 14.5. The Kier molecular flexibility index (Phi) is 5.70. The standard InChI is InChI=1S/C23H27N3O4/c1-16(27)17-6-8-18(9-7-17)24-12-14-25(15-13-24)21(28)10-11-26-22(29)19-4-2-3-5-20(19)23(26)30/h2-3,6-9,19-20H,4-5,10-15H2,1H3/t19-,20+. The molecule has 3 amide bonds. The Bertz CT molecular complexity index is 858. The normalized spacial score (nSPS) is 23.7. The summed E-state index contributed by atoms with van der Waals surface area (Å²) in [7, 11) is 0. The summed E-state index contributed by atoms with van der Waals surface area (Å²) in [4.78, 5) is 54.4. The van der Waals surface area contributed by atoms with Gasteiger partial charge in [-0.25, -0.2) is 0 Å². The Morgan fingerprint density at radius 1 is 0.900 bits per heavy atom. The van der Waals surface area contributed by atoms with Gasteiger partial charge in [-0.05, 0) is 44.0 Å². The smallest absolute Gasteiger partial charge is 0.233 e. The van der Waals surface area contributed by atoms with Crippen molar-refractivity contribution in [2.45, 2.75) is 26.2 Å². The van der Waals surface area contributed by atoms with Crippen molar-refractivity contribution in [3.05, 3.63) is 42.0 Å². The average Bonchev–Trinajstić information content (AvgIpc) is 3.02. The van der Waals surface area contributed by atoms with Crippen molar-refractivity contribution >= 4 is 29.2 Å². The van der Waals surface area contributed by atoms with Gasteiger partial charge >= 0.3 is 0 Å². The van der Waals surface area contributed by atoms with Gasteiger partial charge in [0.2, 0.25) is 17.7 Å². The topological polar surface area (TPSA) is 78.0 Å². The second kappa shape index (κ2) is 8.42. The lowest BCUT2D eigenvalue weighted by atomic mass is 9.85. The summed E-state index contributed by atoms with van der Waals surface area (Å²) < 4.78 is 0. The van der Waals surface area contributed by atoms with E-state index in [0.29, 0.717) is 44.6 Å². The third-order valence-electron chi connectivity index (χ3n) is 6.42. The molecule has 1 aromatic carbocycles. The lowest BCUT2D eigenvalue weighted by Gasteiger charge is -2.36. The third-order valence-corrected chi connectivity index (χ3v) is 6.42. The first-order valence-electron chi connectivity index (χ1n) is 10.6. The minimum absolute atomic E-state index is 0.0184. The highest BCUT2D eigenvalue weighted by atomic mass is 16.2. The molecule has 0 radical (unpaired) electrons. The van der Waals surface area contributed by atoms with Crippen LogP contribution in [-0.4, -0.2) is 66.0 Å². The number of rotatable bonds is 5. The minimum Gasteiger partial charge on any atom is -0.368 e. The van der Waals surface area contributed by atoms with Crippen LogP contribution < -0.4 is 4.90 Å². The molecule has 1 aliphatic carbocycles. The van der Waals surface area contributed by atoms with Crippen LogP contribution in [0.5, 0.6) is 0 Å². The molecule has 158 valence electrons. The summed E-state index contributed by atoms with van der Waals surface area (Å²) in [5.41, 5.74) is 1.73. The average molecular weight is 409 g/mol. The Balaban J connectivity index is 1.27. The number of benzene rings is 1. The monoisotopic (exact) mass is 409 g/mol. The summed E-state index contributed by atoms with van der Waals surface area (Å²) in [5.74, 6) is -0.703. The molecular weight excluding hydrogens is 382 g/mol. The van der Waals surface area contributed by atoms with Crippen molar-refractivity contribution in [2.24, 2.45) is 11.8 Å². The summed E-state index contributed by atoms with van der Waals surface area (Å²) in [6.45, 7) is 4.35. The maximum atomic E-state index is 12.7. The van der Waals surface area contributed by atoms with E-state index < -0.39 is 0 Å². The van der Waals surface area contributed by atoms with Gasteiger partial charge in [-0.1, -0.05) is 12.2 Å². The Hall–Kier alpha value is -2.96. The number of Topliss-reactive ketones (excluding diaryl/α,β-unsaturated/α-hetero) is 1. The maximum absolute atomic E-state index is 12.7. The predicted molar refractivity (Wildman–Crippen MR) is 112 cm³/mol. The molecule has 7 heteroatoms. The second-order valence-electron chi connectivity index (χ2n) is 8.20. The van der Waals surface area contributed by atoms with Crippen molar-refractivity contribution in [1.82, 2.24) is 9.80 Å². The van der Waals surface area contributed by atoms with E-state index in [4.69, 9.17) is 0 Å². The number of fused-ring (bicyclic) bond motifs is 1.